The van der Waals surface area contributed by atoms with Gasteiger partial charge in [-0.15, -0.1) is 0 Å². The molecule has 2 amide bonds. The Kier molecular flexibility index (Phi) is 8.45. The Morgan fingerprint density at radius 1 is 0.778 bits per heavy atom. The Balaban J connectivity index is 1.36. The summed E-state index contributed by atoms with van der Waals surface area (Å²) >= 11 is 24.3. The third-order valence-corrected chi connectivity index (χ3v) is 7.25. The Morgan fingerprint density at radius 2 is 1.33 bits per heavy atom. The van der Waals surface area contributed by atoms with Gasteiger partial charge in [0.15, 0.2) is 0 Å². The highest BCUT2D eigenvalue weighted by molar-refractivity contribution is 6.35. The van der Waals surface area contributed by atoms with E-state index in [1.54, 1.807) is 47.4 Å². The molecule has 0 saturated heterocycles. The van der Waals surface area contributed by atoms with E-state index in [0.717, 1.165) is 22.3 Å². The monoisotopic (exact) mass is 564 g/mol. The van der Waals surface area contributed by atoms with Crippen LogP contribution in [0.25, 0.3) is 0 Å². The first-order valence-electron chi connectivity index (χ1n) is 11.2. The van der Waals surface area contributed by atoms with E-state index in [0.29, 0.717) is 45.3 Å². The number of anilines is 1. The Bertz CT molecular complexity index is 1320. The number of amides is 2. The third-order valence-electron chi connectivity index (χ3n) is 6.07. The van der Waals surface area contributed by atoms with Crippen molar-refractivity contribution >= 4 is 63.9 Å². The fourth-order valence-corrected chi connectivity index (χ4v) is 5.10. The molecule has 1 aliphatic heterocycles. The second-order valence-corrected chi connectivity index (χ2v) is 10.4. The molecule has 10 heteroatoms. The lowest BCUT2D eigenvalue weighted by Crippen LogP contribution is -2.42. The van der Waals surface area contributed by atoms with Crippen LogP contribution in [0.2, 0.25) is 20.1 Å². The molecule has 3 aromatic carbocycles. The molecule has 4 rings (SSSR count). The highest BCUT2D eigenvalue weighted by atomic mass is 35.5. The molecule has 0 spiro atoms. The van der Waals surface area contributed by atoms with Crippen LogP contribution in [0, 0.1) is 0 Å². The highest BCUT2D eigenvalue weighted by Gasteiger charge is 2.28. The Hall–Kier alpha value is -2.32. The lowest BCUT2D eigenvalue weighted by Gasteiger charge is -2.20. The number of nitrogens with zero attached hydrogens (tertiary/aromatic N) is 1. The van der Waals surface area contributed by atoms with Crippen molar-refractivity contribution in [1.82, 2.24) is 4.90 Å². The van der Waals surface area contributed by atoms with E-state index < -0.39 is 12.1 Å². The van der Waals surface area contributed by atoms with Gasteiger partial charge in [0.1, 0.15) is 0 Å². The molecule has 5 N–H and O–H groups in total. The largest absolute Gasteiger partial charge is 0.333 e. The smallest absolute Gasteiger partial charge is 0.241 e. The van der Waals surface area contributed by atoms with Crippen LogP contribution < -0.4 is 16.8 Å². The van der Waals surface area contributed by atoms with Crippen LogP contribution in [0.5, 0.6) is 0 Å². The maximum atomic E-state index is 13.0. The number of fused-ring (bicyclic) bond motifs is 1. The average molecular weight is 566 g/mol. The zero-order valence-electron chi connectivity index (χ0n) is 19.1. The minimum atomic E-state index is -0.798. The van der Waals surface area contributed by atoms with E-state index in [2.05, 4.69) is 5.32 Å². The van der Waals surface area contributed by atoms with Gasteiger partial charge in [0.2, 0.25) is 11.8 Å². The Morgan fingerprint density at radius 3 is 1.92 bits per heavy atom. The van der Waals surface area contributed by atoms with Crippen LogP contribution in [0.15, 0.2) is 54.6 Å². The lowest BCUT2D eigenvalue weighted by atomic mass is 10.1. The summed E-state index contributed by atoms with van der Waals surface area (Å²) in [7, 11) is 0. The van der Waals surface area contributed by atoms with Crippen LogP contribution in [-0.2, 0) is 35.5 Å². The predicted molar refractivity (Wildman–Crippen MR) is 146 cm³/mol. The van der Waals surface area contributed by atoms with Crippen molar-refractivity contribution in [2.75, 3.05) is 5.32 Å². The number of hydrogen-bond donors (Lipinski definition) is 3. The summed E-state index contributed by atoms with van der Waals surface area (Å²) < 4.78 is 0. The molecule has 0 aliphatic carbocycles. The third kappa shape index (κ3) is 6.32. The van der Waals surface area contributed by atoms with Gasteiger partial charge in [0, 0.05) is 38.9 Å². The van der Waals surface area contributed by atoms with Gasteiger partial charge in [-0.3, -0.25) is 9.59 Å². The molecule has 2 atom stereocenters. The van der Waals surface area contributed by atoms with E-state index >= 15 is 0 Å². The highest BCUT2D eigenvalue weighted by Crippen LogP contribution is 2.28. The maximum absolute atomic E-state index is 13.0. The normalized spacial score (nSPS) is 14.3. The van der Waals surface area contributed by atoms with Crippen molar-refractivity contribution in [3.05, 3.63) is 96.9 Å². The van der Waals surface area contributed by atoms with Crippen molar-refractivity contribution in [3.8, 4) is 0 Å². The molecule has 188 valence electrons. The van der Waals surface area contributed by atoms with Crippen molar-refractivity contribution in [1.29, 1.82) is 0 Å². The topological polar surface area (TPSA) is 101 Å². The van der Waals surface area contributed by atoms with Gasteiger partial charge in [-0.25, -0.2) is 0 Å². The number of hydrogen-bond acceptors (Lipinski definition) is 4. The number of nitrogens with one attached hydrogen (secondary N) is 1. The molecule has 0 bridgehead atoms. The van der Waals surface area contributed by atoms with E-state index in [1.165, 1.54) is 0 Å². The zero-order valence-corrected chi connectivity index (χ0v) is 22.1. The van der Waals surface area contributed by atoms with E-state index in [9.17, 15) is 9.59 Å². The zero-order chi connectivity index (χ0) is 26.0. The SMILES string of the molecule is N[C@H](Cc1ccc(Cl)cc1Cl)C(=O)N1Cc2ccc(NC(=O)[C@@H](N)Cc3ccc(Cl)cc3Cl)cc2C1. The summed E-state index contributed by atoms with van der Waals surface area (Å²) in [4.78, 5) is 27.4. The van der Waals surface area contributed by atoms with Crippen LogP contribution >= 0.6 is 46.4 Å². The summed E-state index contributed by atoms with van der Waals surface area (Å²) in [5.41, 5.74) is 16.4. The van der Waals surface area contributed by atoms with Gasteiger partial charge in [-0.2, -0.15) is 0 Å². The molecular weight excluding hydrogens is 542 g/mol. The molecule has 3 aromatic rings. The van der Waals surface area contributed by atoms with Gasteiger partial charge in [-0.1, -0.05) is 64.6 Å². The quantitative estimate of drug-likeness (QED) is 0.365. The van der Waals surface area contributed by atoms with Crippen LogP contribution in [0.3, 0.4) is 0 Å². The fraction of sp³-hybridized carbons (Fsp3) is 0.231. The molecule has 6 nitrogen and oxygen atoms in total. The second kappa shape index (κ2) is 11.4. The molecule has 0 unspecified atom stereocenters. The summed E-state index contributed by atoms with van der Waals surface area (Å²) in [6, 6.07) is 14.2. The summed E-state index contributed by atoms with van der Waals surface area (Å²) in [6.45, 7) is 0.839. The molecule has 36 heavy (non-hydrogen) atoms. The van der Waals surface area contributed by atoms with Crippen LogP contribution in [0.1, 0.15) is 22.3 Å². The minimum absolute atomic E-state index is 0.176. The summed E-state index contributed by atoms with van der Waals surface area (Å²) in [5, 5.41) is 4.83. The average Bonchev–Trinajstić information content (AvgIpc) is 3.25. The minimum Gasteiger partial charge on any atom is -0.333 e. The maximum Gasteiger partial charge on any atom is 0.241 e. The van der Waals surface area contributed by atoms with Crippen LogP contribution in [-0.4, -0.2) is 28.8 Å². The molecular formula is C26H24Cl4N4O2. The molecule has 1 aliphatic rings. The number of halogens is 4. The van der Waals surface area contributed by atoms with E-state index in [4.69, 9.17) is 57.9 Å². The number of rotatable bonds is 7. The fourth-order valence-electron chi connectivity index (χ4n) is 4.13. The van der Waals surface area contributed by atoms with Crippen LogP contribution in [0.4, 0.5) is 5.69 Å². The second-order valence-electron chi connectivity index (χ2n) is 8.76. The lowest BCUT2D eigenvalue weighted by molar-refractivity contribution is -0.133. The van der Waals surface area contributed by atoms with E-state index in [-0.39, 0.29) is 18.2 Å². The van der Waals surface area contributed by atoms with Gasteiger partial charge >= 0.3 is 0 Å². The number of benzene rings is 3. The number of carbonyl (C=O) groups excluding carboxylic acids is 2. The Labute approximate surface area is 229 Å². The van der Waals surface area contributed by atoms with Crippen molar-refractivity contribution in [3.63, 3.8) is 0 Å². The standard InChI is InChI=1S/C26H24Cl4N4O2/c27-18-4-1-14(21(29)10-18)8-23(31)25(35)33-20-6-3-16-12-34(13-17(16)7-20)26(36)24(32)9-15-2-5-19(28)11-22(15)30/h1-7,10-11,23-24H,8-9,12-13,31-32H2,(H,33,35)/t23-,24+/m0/s1. The number of carbonyl (C=O) groups is 2. The predicted octanol–water partition coefficient (Wildman–Crippen LogP) is 5.22. The first-order valence-corrected chi connectivity index (χ1v) is 12.7. The molecule has 0 radical (unpaired) electrons. The van der Waals surface area contributed by atoms with Gasteiger partial charge in [0.25, 0.3) is 0 Å². The van der Waals surface area contributed by atoms with Crippen molar-refractivity contribution < 1.29 is 9.59 Å². The van der Waals surface area contributed by atoms with Crippen molar-refractivity contribution in [2.24, 2.45) is 11.5 Å². The molecule has 0 saturated carbocycles. The first-order chi connectivity index (χ1) is 17.1. The molecule has 1 heterocycles. The molecule has 0 fully saturated rings. The van der Waals surface area contributed by atoms with Gasteiger partial charge in [0.05, 0.1) is 12.1 Å². The van der Waals surface area contributed by atoms with Gasteiger partial charge < -0.3 is 21.7 Å². The summed E-state index contributed by atoms with van der Waals surface area (Å²) in [6.07, 6.45) is 0.573. The first kappa shape index (κ1) is 26.7. The summed E-state index contributed by atoms with van der Waals surface area (Å²) in [5.74, 6) is -0.515. The van der Waals surface area contributed by atoms with Crippen molar-refractivity contribution in [2.45, 2.75) is 38.0 Å². The molecule has 0 aromatic heterocycles. The van der Waals surface area contributed by atoms with Gasteiger partial charge in [-0.05, 0) is 71.5 Å². The van der Waals surface area contributed by atoms with E-state index in [1.807, 2.05) is 12.1 Å². The number of nitrogens with two attached hydrogens (primary N) is 2.